The van der Waals surface area contributed by atoms with Crippen molar-refractivity contribution >= 4 is 0 Å². The zero-order chi connectivity index (χ0) is 11.7. The SMILES string of the molecule is CC.CCCCC1CN(C)CC1CCC. The Kier molecular flexibility index (Phi) is 9.18. The maximum atomic E-state index is 2.51. The third-order valence-corrected chi connectivity index (χ3v) is 3.35. The van der Waals surface area contributed by atoms with Gasteiger partial charge in [-0.3, -0.25) is 0 Å². The highest BCUT2D eigenvalue weighted by Gasteiger charge is 2.28. The number of rotatable bonds is 5. The van der Waals surface area contributed by atoms with Crippen molar-refractivity contribution in [1.29, 1.82) is 0 Å². The van der Waals surface area contributed by atoms with Crippen LogP contribution in [0.15, 0.2) is 0 Å². The second-order valence-electron chi connectivity index (χ2n) is 4.67. The van der Waals surface area contributed by atoms with Crippen molar-refractivity contribution in [3.8, 4) is 0 Å². The van der Waals surface area contributed by atoms with Crippen LogP contribution in [0.25, 0.3) is 0 Å². The van der Waals surface area contributed by atoms with Crippen molar-refractivity contribution < 1.29 is 0 Å². The van der Waals surface area contributed by atoms with E-state index in [1.165, 1.54) is 45.2 Å². The normalized spacial score (nSPS) is 26.2. The highest BCUT2D eigenvalue weighted by molar-refractivity contribution is 4.81. The molecule has 1 fully saturated rings. The minimum absolute atomic E-state index is 1.00. The summed E-state index contributed by atoms with van der Waals surface area (Å²) in [4.78, 5) is 2.51. The highest BCUT2D eigenvalue weighted by Crippen LogP contribution is 2.29. The van der Waals surface area contributed by atoms with Gasteiger partial charge in [0.25, 0.3) is 0 Å². The summed E-state index contributed by atoms with van der Waals surface area (Å²) in [6.45, 7) is 11.3. The van der Waals surface area contributed by atoms with Crippen LogP contribution in [0.3, 0.4) is 0 Å². The molecule has 1 aliphatic heterocycles. The molecule has 0 aromatic rings. The molecular formula is C14H31N. The molecule has 92 valence electrons. The van der Waals surface area contributed by atoms with Gasteiger partial charge in [-0.05, 0) is 31.7 Å². The second kappa shape index (κ2) is 9.21. The van der Waals surface area contributed by atoms with Gasteiger partial charge in [-0.1, -0.05) is 47.0 Å². The summed E-state index contributed by atoms with van der Waals surface area (Å²) in [6, 6.07) is 0. The van der Waals surface area contributed by atoms with Crippen LogP contribution in [-0.2, 0) is 0 Å². The minimum Gasteiger partial charge on any atom is -0.306 e. The Morgan fingerprint density at radius 3 is 1.93 bits per heavy atom. The summed E-state index contributed by atoms with van der Waals surface area (Å²) in [5, 5.41) is 0. The average molecular weight is 213 g/mol. The number of hydrogen-bond donors (Lipinski definition) is 0. The van der Waals surface area contributed by atoms with Crippen molar-refractivity contribution in [3.63, 3.8) is 0 Å². The summed E-state index contributed by atoms with van der Waals surface area (Å²) in [6.07, 6.45) is 7.06. The van der Waals surface area contributed by atoms with Crippen molar-refractivity contribution in [2.24, 2.45) is 11.8 Å². The van der Waals surface area contributed by atoms with Crippen LogP contribution >= 0.6 is 0 Å². The lowest BCUT2D eigenvalue weighted by atomic mass is 9.88. The van der Waals surface area contributed by atoms with Gasteiger partial charge in [-0.2, -0.15) is 0 Å². The predicted octanol–water partition coefficient (Wildman–Crippen LogP) is 4.18. The van der Waals surface area contributed by atoms with E-state index in [9.17, 15) is 0 Å². The summed E-state index contributed by atoms with van der Waals surface area (Å²) >= 11 is 0. The number of likely N-dealkylation sites (tertiary alicyclic amines) is 1. The molecule has 2 unspecified atom stereocenters. The zero-order valence-electron chi connectivity index (χ0n) is 11.6. The summed E-state index contributed by atoms with van der Waals surface area (Å²) < 4.78 is 0. The first-order valence-electron chi connectivity index (χ1n) is 6.96. The van der Waals surface area contributed by atoms with Gasteiger partial charge in [0.2, 0.25) is 0 Å². The van der Waals surface area contributed by atoms with Crippen LogP contribution in [0.5, 0.6) is 0 Å². The van der Waals surface area contributed by atoms with Gasteiger partial charge in [0.15, 0.2) is 0 Å². The molecule has 1 nitrogen and oxygen atoms in total. The molecule has 1 heteroatoms. The van der Waals surface area contributed by atoms with Crippen LogP contribution in [0.2, 0.25) is 0 Å². The van der Waals surface area contributed by atoms with E-state index in [0.717, 1.165) is 11.8 Å². The van der Waals surface area contributed by atoms with Crippen LogP contribution in [0.1, 0.15) is 59.8 Å². The van der Waals surface area contributed by atoms with Gasteiger partial charge in [0.1, 0.15) is 0 Å². The van der Waals surface area contributed by atoms with Crippen molar-refractivity contribution in [1.82, 2.24) is 4.90 Å². The lowest BCUT2D eigenvalue weighted by Crippen LogP contribution is -2.13. The van der Waals surface area contributed by atoms with E-state index < -0.39 is 0 Å². The van der Waals surface area contributed by atoms with Gasteiger partial charge in [0.05, 0.1) is 0 Å². The fourth-order valence-electron chi connectivity index (χ4n) is 2.66. The van der Waals surface area contributed by atoms with E-state index in [2.05, 4.69) is 25.8 Å². The van der Waals surface area contributed by atoms with Gasteiger partial charge in [-0.25, -0.2) is 0 Å². The molecule has 0 amide bonds. The molecule has 0 spiro atoms. The largest absolute Gasteiger partial charge is 0.306 e. The van der Waals surface area contributed by atoms with Crippen LogP contribution in [0.4, 0.5) is 0 Å². The molecule has 1 rings (SSSR count). The quantitative estimate of drug-likeness (QED) is 0.662. The Hall–Kier alpha value is -0.0400. The van der Waals surface area contributed by atoms with E-state index in [0.29, 0.717) is 0 Å². The fraction of sp³-hybridized carbons (Fsp3) is 1.00. The zero-order valence-corrected chi connectivity index (χ0v) is 11.6. The lowest BCUT2D eigenvalue weighted by molar-refractivity contribution is 0.360. The molecular weight excluding hydrogens is 182 g/mol. The smallest absolute Gasteiger partial charge is 0.000985 e. The Morgan fingerprint density at radius 2 is 1.47 bits per heavy atom. The van der Waals surface area contributed by atoms with Crippen LogP contribution in [-0.4, -0.2) is 25.0 Å². The monoisotopic (exact) mass is 213 g/mol. The van der Waals surface area contributed by atoms with E-state index in [-0.39, 0.29) is 0 Å². The number of hydrogen-bond acceptors (Lipinski definition) is 1. The van der Waals surface area contributed by atoms with Crippen molar-refractivity contribution in [2.75, 3.05) is 20.1 Å². The first-order chi connectivity index (χ1) is 7.27. The van der Waals surface area contributed by atoms with E-state index in [4.69, 9.17) is 0 Å². The molecule has 0 bridgehead atoms. The molecule has 0 saturated carbocycles. The van der Waals surface area contributed by atoms with Crippen LogP contribution in [0, 0.1) is 11.8 Å². The fourth-order valence-corrected chi connectivity index (χ4v) is 2.66. The molecule has 1 aliphatic rings. The third-order valence-electron chi connectivity index (χ3n) is 3.35. The maximum Gasteiger partial charge on any atom is 0.000985 e. The molecule has 0 aromatic heterocycles. The Bertz CT molecular complexity index is 133. The van der Waals surface area contributed by atoms with Gasteiger partial charge < -0.3 is 4.90 Å². The van der Waals surface area contributed by atoms with Gasteiger partial charge in [0, 0.05) is 13.1 Å². The van der Waals surface area contributed by atoms with E-state index in [1.807, 2.05) is 13.8 Å². The first-order valence-corrected chi connectivity index (χ1v) is 6.96. The van der Waals surface area contributed by atoms with Crippen LogP contribution < -0.4 is 0 Å². The first kappa shape index (κ1) is 15.0. The van der Waals surface area contributed by atoms with Crippen molar-refractivity contribution in [3.05, 3.63) is 0 Å². The molecule has 0 aliphatic carbocycles. The third kappa shape index (κ3) is 5.55. The lowest BCUT2D eigenvalue weighted by Gasteiger charge is -2.16. The maximum absolute atomic E-state index is 2.51. The Balaban J connectivity index is 0.000000921. The Labute approximate surface area is 97.2 Å². The summed E-state index contributed by atoms with van der Waals surface area (Å²) in [5.41, 5.74) is 0. The molecule has 2 atom stereocenters. The van der Waals surface area contributed by atoms with E-state index >= 15 is 0 Å². The van der Waals surface area contributed by atoms with Gasteiger partial charge >= 0.3 is 0 Å². The summed E-state index contributed by atoms with van der Waals surface area (Å²) in [5.74, 6) is 2.01. The predicted molar refractivity (Wildman–Crippen MR) is 70.3 cm³/mol. The second-order valence-corrected chi connectivity index (χ2v) is 4.67. The van der Waals surface area contributed by atoms with E-state index in [1.54, 1.807) is 0 Å². The average Bonchev–Trinajstić information content (AvgIpc) is 2.60. The van der Waals surface area contributed by atoms with Crippen molar-refractivity contribution in [2.45, 2.75) is 59.8 Å². The number of nitrogens with zero attached hydrogens (tertiary/aromatic N) is 1. The topological polar surface area (TPSA) is 3.24 Å². The van der Waals surface area contributed by atoms with Gasteiger partial charge in [-0.15, -0.1) is 0 Å². The molecule has 15 heavy (non-hydrogen) atoms. The highest BCUT2D eigenvalue weighted by atomic mass is 15.1. The standard InChI is InChI=1S/C12H25N.C2H6/c1-4-6-8-12-10-13(3)9-11(12)7-5-2;1-2/h11-12H,4-10H2,1-3H3;1-2H3. The molecule has 1 saturated heterocycles. The minimum atomic E-state index is 1.00. The molecule has 0 radical (unpaired) electrons. The molecule has 0 N–H and O–H groups in total. The molecule has 0 aromatic carbocycles. The number of unbranched alkanes of at least 4 members (excludes halogenated alkanes) is 1. The Morgan fingerprint density at radius 1 is 0.933 bits per heavy atom. The summed E-state index contributed by atoms with van der Waals surface area (Å²) in [7, 11) is 2.27. The molecule has 1 heterocycles.